The van der Waals surface area contributed by atoms with Crippen molar-refractivity contribution >= 4 is 29.1 Å². The largest absolute Gasteiger partial charge is 0.450 e. The second-order valence-corrected chi connectivity index (χ2v) is 10.8. The first kappa shape index (κ1) is 23.6. The average Bonchev–Trinajstić information content (AvgIpc) is 2.95. The van der Waals surface area contributed by atoms with E-state index in [1.807, 2.05) is 26.8 Å². The zero-order valence-electron chi connectivity index (χ0n) is 19.1. The molecule has 3 saturated carbocycles. The molecule has 5 nitrogen and oxygen atoms in total. The molecule has 4 aliphatic carbocycles. The summed E-state index contributed by atoms with van der Waals surface area (Å²) in [4.78, 5) is 37.7. The van der Waals surface area contributed by atoms with E-state index in [0.717, 1.165) is 0 Å². The molecule has 0 aromatic carbocycles. The van der Waals surface area contributed by atoms with Crippen molar-refractivity contribution < 1.29 is 28.6 Å². The quantitative estimate of drug-likeness (QED) is 0.501. The Morgan fingerprint density at radius 1 is 1.34 bits per heavy atom. The van der Waals surface area contributed by atoms with Gasteiger partial charge in [0.2, 0.25) is 0 Å². The molecule has 1 N–H and O–H groups in total. The fraction of sp³-hybridized carbons (Fsp3) is 0.720. The minimum Gasteiger partial charge on any atom is -0.450 e. The van der Waals surface area contributed by atoms with Crippen LogP contribution in [0.5, 0.6) is 0 Å². The van der Waals surface area contributed by atoms with Gasteiger partial charge < -0.3 is 9.84 Å². The van der Waals surface area contributed by atoms with E-state index in [1.165, 1.54) is 12.2 Å². The Balaban J connectivity index is 1.84. The van der Waals surface area contributed by atoms with Gasteiger partial charge in [-0.2, -0.15) is 0 Å². The number of hydrogen-bond donors (Lipinski definition) is 1. The maximum absolute atomic E-state index is 15.9. The van der Waals surface area contributed by atoms with E-state index in [2.05, 4.69) is 0 Å². The number of aliphatic hydroxyl groups is 1. The first-order valence-corrected chi connectivity index (χ1v) is 12.1. The van der Waals surface area contributed by atoms with Gasteiger partial charge in [0.15, 0.2) is 17.2 Å². The monoisotopic (exact) mass is 466 g/mol. The summed E-state index contributed by atoms with van der Waals surface area (Å²) < 4.78 is 21.8. The molecule has 32 heavy (non-hydrogen) atoms. The van der Waals surface area contributed by atoms with Crippen LogP contribution in [-0.2, 0) is 19.1 Å². The number of hydrogen-bond acceptors (Lipinski definition) is 5. The van der Waals surface area contributed by atoms with Crippen LogP contribution < -0.4 is 0 Å². The Hall–Kier alpha value is -1.53. The Labute approximate surface area is 193 Å². The summed E-state index contributed by atoms with van der Waals surface area (Å²) in [6.45, 7) is 7.34. The van der Waals surface area contributed by atoms with Gasteiger partial charge in [-0.1, -0.05) is 39.3 Å². The molecule has 3 fully saturated rings. The summed E-state index contributed by atoms with van der Waals surface area (Å²) in [7, 11) is 0. The predicted octanol–water partition coefficient (Wildman–Crippen LogP) is 3.96. The van der Waals surface area contributed by atoms with Crippen LogP contribution in [0.3, 0.4) is 0 Å². The van der Waals surface area contributed by atoms with E-state index in [4.69, 9.17) is 16.3 Å². The average molecular weight is 467 g/mol. The van der Waals surface area contributed by atoms with E-state index in [-0.39, 0.29) is 48.5 Å². The minimum atomic E-state index is -1.49. The summed E-state index contributed by atoms with van der Waals surface area (Å²) in [6, 6.07) is 0. The summed E-state index contributed by atoms with van der Waals surface area (Å²) >= 11 is 6.01. The van der Waals surface area contributed by atoms with Crippen LogP contribution in [0.1, 0.15) is 53.4 Å². The van der Waals surface area contributed by atoms with Gasteiger partial charge in [0.25, 0.3) is 0 Å². The summed E-state index contributed by atoms with van der Waals surface area (Å²) in [5.41, 5.74) is -2.35. The van der Waals surface area contributed by atoms with Crippen LogP contribution in [0.25, 0.3) is 0 Å². The van der Waals surface area contributed by atoms with Gasteiger partial charge in [-0.3, -0.25) is 14.4 Å². The van der Waals surface area contributed by atoms with Crippen molar-refractivity contribution in [2.75, 3.05) is 5.88 Å². The van der Waals surface area contributed by atoms with Crippen molar-refractivity contribution in [3.8, 4) is 0 Å². The number of Topliss-reactive ketones (excluding diaryl/α,β-unsaturated/α-hetero) is 1. The van der Waals surface area contributed by atoms with E-state index in [9.17, 15) is 19.5 Å². The minimum absolute atomic E-state index is 0.107. The third-order valence-electron chi connectivity index (χ3n) is 9.12. The second-order valence-electron chi connectivity index (χ2n) is 10.6. The van der Waals surface area contributed by atoms with E-state index in [0.29, 0.717) is 12.0 Å². The van der Waals surface area contributed by atoms with Crippen molar-refractivity contribution in [3.05, 3.63) is 23.8 Å². The number of aliphatic hydroxyl groups excluding tert-OH is 1. The number of esters is 1. The van der Waals surface area contributed by atoms with Gasteiger partial charge in [0.05, 0.1) is 12.0 Å². The van der Waals surface area contributed by atoms with Crippen LogP contribution in [0.2, 0.25) is 0 Å². The molecule has 4 rings (SSSR count). The van der Waals surface area contributed by atoms with Gasteiger partial charge in [-0.25, -0.2) is 4.39 Å². The number of alkyl halides is 2. The Bertz CT molecular complexity index is 914. The first-order chi connectivity index (χ1) is 15.0. The molecule has 0 aromatic heterocycles. The highest BCUT2D eigenvalue weighted by atomic mass is 35.5. The standard InChI is InChI=1S/C25H32ClFO5/c1-5-20(31)32-25(19(30)12-26)13(2)8-16-21-17(27)10-14-9-15(28)6-7-23(14,3)22(21)18(29)11-24(16,25)4/h6-7,9,13,16-18,21-22,29H,5,8,10-12H2,1-4H3/t13?,16-,17?,18?,21+,22-,23-,24-,25-/m0/s1. The summed E-state index contributed by atoms with van der Waals surface area (Å²) in [5, 5.41) is 11.5. The second kappa shape index (κ2) is 7.76. The Morgan fingerprint density at radius 2 is 2.03 bits per heavy atom. The van der Waals surface area contributed by atoms with Gasteiger partial charge in [0, 0.05) is 41.4 Å². The highest BCUT2D eigenvalue weighted by Crippen LogP contribution is 2.69. The van der Waals surface area contributed by atoms with Crippen LogP contribution in [0.15, 0.2) is 23.8 Å². The molecule has 0 spiro atoms. The van der Waals surface area contributed by atoms with E-state index < -0.39 is 46.5 Å². The molecular formula is C25H32ClFO5. The van der Waals surface area contributed by atoms with Gasteiger partial charge in [-0.15, -0.1) is 11.6 Å². The zero-order chi connectivity index (χ0) is 23.6. The van der Waals surface area contributed by atoms with Crippen molar-refractivity contribution in [1.82, 2.24) is 0 Å². The number of ketones is 2. The molecule has 0 amide bonds. The van der Waals surface area contributed by atoms with Crippen molar-refractivity contribution in [2.24, 2.45) is 34.5 Å². The van der Waals surface area contributed by atoms with Crippen molar-refractivity contribution in [2.45, 2.75) is 71.3 Å². The number of allylic oxidation sites excluding steroid dienone is 4. The predicted molar refractivity (Wildman–Crippen MR) is 118 cm³/mol. The number of carbonyl (C=O) groups is 3. The van der Waals surface area contributed by atoms with Crippen LogP contribution >= 0.6 is 11.6 Å². The van der Waals surface area contributed by atoms with Crippen LogP contribution in [-0.4, -0.2) is 46.4 Å². The number of rotatable bonds is 4. The molecule has 0 aromatic rings. The smallest absolute Gasteiger partial charge is 0.306 e. The fourth-order valence-electron chi connectivity index (χ4n) is 7.78. The lowest BCUT2D eigenvalue weighted by molar-refractivity contribution is -0.206. The van der Waals surface area contributed by atoms with Crippen molar-refractivity contribution in [3.63, 3.8) is 0 Å². The van der Waals surface area contributed by atoms with E-state index >= 15 is 4.39 Å². The van der Waals surface area contributed by atoms with Gasteiger partial charge in [-0.05, 0) is 30.9 Å². The molecule has 9 atom stereocenters. The highest BCUT2D eigenvalue weighted by molar-refractivity contribution is 6.29. The van der Waals surface area contributed by atoms with E-state index in [1.54, 1.807) is 6.92 Å². The molecule has 0 heterocycles. The van der Waals surface area contributed by atoms with Crippen molar-refractivity contribution in [1.29, 1.82) is 0 Å². The Morgan fingerprint density at radius 3 is 2.66 bits per heavy atom. The number of carbonyl (C=O) groups excluding carboxylic acids is 3. The molecule has 0 aliphatic heterocycles. The Kier molecular flexibility index (Phi) is 5.73. The molecule has 7 heteroatoms. The number of ether oxygens (including phenoxy) is 1. The molecule has 0 bridgehead atoms. The lowest BCUT2D eigenvalue weighted by Gasteiger charge is -2.60. The highest BCUT2D eigenvalue weighted by Gasteiger charge is 2.73. The first-order valence-electron chi connectivity index (χ1n) is 11.5. The molecular weight excluding hydrogens is 435 g/mol. The summed E-state index contributed by atoms with van der Waals surface area (Å²) in [5.74, 6) is -2.96. The molecule has 176 valence electrons. The normalized spacial score (nSPS) is 47.2. The molecule has 0 saturated heterocycles. The molecule has 0 radical (unpaired) electrons. The van der Waals surface area contributed by atoms with Crippen LogP contribution in [0.4, 0.5) is 4.39 Å². The lowest BCUT2D eigenvalue weighted by atomic mass is 9.45. The number of halogens is 2. The number of fused-ring (bicyclic) bond motifs is 5. The summed E-state index contributed by atoms with van der Waals surface area (Å²) in [6.07, 6.45) is 3.54. The maximum Gasteiger partial charge on any atom is 0.306 e. The lowest BCUT2D eigenvalue weighted by Crippen LogP contribution is -2.65. The van der Waals surface area contributed by atoms with Gasteiger partial charge >= 0.3 is 5.97 Å². The zero-order valence-corrected chi connectivity index (χ0v) is 19.8. The van der Waals surface area contributed by atoms with Gasteiger partial charge in [0.1, 0.15) is 6.17 Å². The maximum atomic E-state index is 15.9. The van der Waals surface area contributed by atoms with Crippen LogP contribution in [0, 0.1) is 34.5 Å². The molecule has 4 aliphatic rings. The third kappa shape index (κ3) is 2.94. The fourth-order valence-corrected chi connectivity index (χ4v) is 7.98. The topological polar surface area (TPSA) is 80.7 Å². The SMILES string of the molecule is CCC(=O)O[C@]1(C(=O)CCl)C(C)C[C@H]2[C@@H]3C(F)CC4=CC(=O)C=C[C@]4(C)[C@H]3C(O)C[C@@]21C. The molecule has 3 unspecified atom stereocenters. The third-order valence-corrected chi connectivity index (χ3v) is 9.36.